The van der Waals surface area contributed by atoms with E-state index in [1.165, 1.54) is 25.7 Å². The lowest BCUT2D eigenvalue weighted by molar-refractivity contribution is -0.125. The minimum atomic E-state index is -0.687. The molecule has 0 saturated carbocycles. The molecule has 0 aromatic rings. The van der Waals surface area contributed by atoms with Crippen molar-refractivity contribution in [3.63, 3.8) is 0 Å². The van der Waals surface area contributed by atoms with Crippen molar-refractivity contribution in [1.29, 1.82) is 0 Å². The lowest BCUT2D eigenvalue weighted by atomic mass is 10.0. The van der Waals surface area contributed by atoms with Crippen LogP contribution in [-0.2, 0) is 4.79 Å². The summed E-state index contributed by atoms with van der Waals surface area (Å²) in [7, 11) is 0. The van der Waals surface area contributed by atoms with Gasteiger partial charge in [0.1, 0.15) is 5.54 Å². The van der Waals surface area contributed by atoms with Gasteiger partial charge in [-0.05, 0) is 26.7 Å². The van der Waals surface area contributed by atoms with Crippen LogP contribution in [-0.4, -0.2) is 34.3 Å². The number of alkyl halides is 1. The van der Waals surface area contributed by atoms with E-state index < -0.39 is 5.54 Å². The molecular formula is C13H23BrN2O2. The Hall–Kier alpha value is -0.580. The van der Waals surface area contributed by atoms with Crippen molar-refractivity contribution >= 4 is 27.9 Å². The van der Waals surface area contributed by atoms with E-state index in [4.69, 9.17) is 0 Å². The molecule has 4 nitrogen and oxygen atoms in total. The van der Waals surface area contributed by atoms with Crippen LogP contribution in [0.4, 0.5) is 4.79 Å². The first-order chi connectivity index (χ1) is 8.50. The number of nitrogens with one attached hydrogen (secondary N) is 1. The minimum Gasteiger partial charge on any atom is -0.310 e. The van der Waals surface area contributed by atoms with Gasteiger partial charge in [0.05, 0.1) is 0 Å². The fourth-order valence-corrected chi connectivity index (χ4v) is 2.54. The van der Waals surface area contributed by atoms with Gasteiger partial charge in [0.15, 0.2) is 0 Å². The number of halogens is 1. The molecule has 1 aliphatic rings. The molecule has 0 bridgehead atoms. The zero-order valence-corrected chi connectivity index (χ0v) is 12.9. The Morgan fingerprint density at radius 3 is 2.11 bits per heavy atom. The molecule has 1 rings (SSSR count). The molecule has 0 aromatic heterocycles. The second kappa shape index (κ2) is 7.12. The maximum absolute atomic E-state index is 11.6. The zero-order valence-electron chi connectivity index (χ0n) is 11.3. The number of rotatable bonds is 8. The van der Waals surface area contributed by atoms with E-state index in [2.05, 4.69) is 21.2 Å². The number of urea groups is 1. The first-order valence-corrected chi connectivity index (χ1v) is 7.81. The van der Waals surface area contributed by atoms with Crippen molar-refractivity contribution in [2.24, 2.45) is 0 Å². The summed E-state index contributed by atoms with van der Waals surface area (Å²) in [6.45, 7) is 4.26. The van der Waals surface area contributed by atoms with Crippen molar-refractivity contribution in [3.05, 3.63) is 0 Å². The van der Waals surface area contributed by atoms with E-state index in [0.717, 1.165) is 18.2 Å². The summed E-state index contributed by atoms with van der Waals surface area (Å²) >= 11 is 3.42. The predicted octanol–water partition coefficient (Wildman–Crippen LogP) is 3.05. The van der Waals surface area contributed by atoms with Gasteiger partial charge < -0.3 is 4.90 Å². The van der Waals surface area contributed by atoms with Gasteiger partial charge >= 0.3 is 6.03 Å². The van der Waals surface area contributed by atoms with Crippen LogP contribution in [0.2, 0.25) is 0 Å². The fourth-order valence-electron chi connectivity index (χ4n) is 2.15. The van der Waals surface area contributed by atoms with Gasteiger partial charge in [-0.2, -0.15) is 0 Å². The summed E-state index contributed by atoms with van der Waals surface area (Å²) in [4.78, 5) is 24.8. The monoisotopic (exact) mass is 318 g/mol. The smallest absolute Gasteiger partial charge is 0.310 e. The number of unbranched alkanes of at least 4 members (excludes halogenated alkanes) is 5. The SMILES string of the molecule is CC1(C)C(=O)NC(=O)N1CCCCCCCCBr. The van der Waals surface area contributed by atoms with E-state index in [0.29, 0.717) is 6.54 Å². The van der Waals surface area contributed by atoms with Crippen molar-refractivity contribution in [1.82, 2.24) is 10.2 Å². The Labute approximate surface area is 118 Å². The Kier molecular flexibility index (Phi) is 6.12. The van der Waals surface area contributed by atoms with Crippen LogP contribution in [0.1, 0.15) is 52.4 Å². The molecule has 1 saturated heterocycles. The van der Waals surface area contributed by atoms with Gasteiger partial charge in [-0.1, -0.05) is 41.6 Å². The highest BCUT2D eigenvalue weighted by Crippen LogP contribution is 2.21. The van der Waals surface area contributed by atoms with Crippen molar-refractivity contribution in [2.45, 2.75) is 57.9 Å². The van der Waals surface area contributed by atoms with E-state index in [1.54, 1.807) is 18.7 Å². The van der Waals surface area contributed by atoms with E-state index in [-0.39, 0.29) is 11.9 Å². The van der Waals surface area contributed by atoms with Gasteiger partial charge in [-0.3, -0.25) is 10.1 Å². The second-order valence-corrected chi connectivity index (χ2v) is 6.07. The lowest BCUT2D eigenvalue weighted by Crippen LogP contribution is -2.44. The average Bonchev–Trinajstić information content (AvgIpc) is 2.49. The number of imide groups is 1. The third-order valence-corrected chi connectivity index (χ3v) is 4.02. The minimum absolute atomic E-state index is 0.190. The summed E-state index contributed by atoms with van der Waals surface area (Å²) in [5, 5.41) is 3.45. The summed E-state index contributed by atoms with van der Waals surface area (Å²) in [5.41, 5.74) is -0.687. The van der Waals surface area contributed by atoms with Crippen LogP contribution in [0.3, 0.4) is 0 Å². The molecule has 104 valence electrons. The molecular weight excluding hydrogens is 296 g/mol. The maximum Gasteiger partial charge on any atom is 0.324 e. The largest absolute Gasteiger partial charge is 0.324 e. The second-order valence-electron chi connectivity index (χ2n) is 5.28. The van der Waals surface area contributed by atoms with Gasteiger partial charge in [-0.15, -0.1) is 0 Å². The summed E-state index contributed by atoms with van der Waals surface area (Å²) in [6.07, 6.45) is 7.04. The van der Waals surface area contributed by atoms with Crippen LogP contribution in [0.15, 0.2) is 0 Å². The van der Waals surface area contributed by atoms with Crippen LogP contribution in [0.5, 0.6) is 0 Å². The van der Waals surface area contributed by atoms with Crippen LogP contribution in [0.25, 0.3) is 0 Å². The van der Waals surface area contributed by atoms with Crippen LogP contribution < -0.4 is 5.32 Å². The molecule has 1 N–H and O–H groups in total. The summed E-state index contributed by atoms with van der Waals surface area (Å²) in [6, 6.07) is -0.246. The number of carbonyl (C=O) groups is 2. The van der Waals surface area contributed by atoms with Crippen molar-refractivity contribution < 1.29 is 9.59 Å². The Morgan fingerprint density at radius 2 is 1.61 bits per heavy atom. The first-order valence-electron chi connectivity index (χ1n) is 6.69. The highest BCUT2D eigenvalue weighted by Gasteiger charge is 2.44. The molecule has 1 aliphatic heterocycles. The van der Waals surface area contributed by atoms with Gasteiger partial charge in [0.25, 0.3) is 5.91 Å². The molecule has 1 fully saturated rings. The Bertz CT molecular complexity index is 305. The van der Waals surface area contributed by atoms with Gasteiger partial charge in [-0.25, -0.2) is 4.79 Å². The Morgan fingerprint density at radius 1 is 1.06 bits per heavy atom. The normalized spacial score (nSPS) is 18.3. The molecule has 0 unspecified atom stereocenters. The topological polar surface area (TPSA) is 49.4 Å². The first kappa shape index (κ1) is 15.5. The molecule has 1 heterocycles. The van der Waals surface area contributed by atoms with Crippen LogP contribution >= 0.6 is 15.9 Å². The fraction of sp³-hybridized carbons (Fsp3) is 0.846. The van der Waals surface area contributed by atoms with Crippen LogP contribution in [0, 0.1) is 0 Å². The van der Waals surface area contributed by atoms with Gasteiger partial charge in [0, 0.05) is 11.9 Å². The average molecular weight is 319 g/mol. The number of hydrogen-bond acceptors (Lipinski definition) is 2. The van der Waals surface area contributed by atoms with Crippen molar-refractivity contribution in [2.75, 3.05) is 11.9 Å². The van der Waals surface area contributed by atoms with E-state index >= 15 is 0 Å². The maximum atomic E-state index is 11.6. The third-order valence-electron chi connectivity index (χ3n) is 3.46. The molecule has 0 radical (unpaired) electrons. The molecule has 3 amide bonds. The Balaban J connectivity index is 2.19. The molecule has 0 aromatic carbocycles. The van der Waals surface area contributed by atoms with Gasteiger partial charge in [0.2, 0.25) is 0 Å². The van der Waals surface area contributed by atoms with E-state index in [1.807, 2.05) is 0 Å². The molecule has 5 heteroatoms. The third kappa shape index (κ3) is 3.97. The number of amides is 3. The highest BCUT2D eigenvalue weighted by atomic mass is 79.9. The quantitative estimate of drug-likeness (QED) is 0.425. The molecule has 0 spiro atoms. The van der Waals surface area contributed by atoms with E-state index in [9.17, 15) is 9.59 Å². The standard InChI is InChI=1S/C13H23BrN2O2/c1-13(2)11(17)15-12(18)16(13)10-8-6-4-3-5-7-9-14/h3-10H2,1-2H3,(H,15,17,18). The van der Waals surface area contributed by atoms with Crippen molar-refractivity contribution in [3.8, 4) is 0 Å². The number of carbonyl (C=O) groups excluding carboxylic acids is 2. The summed E-state index contributed by atoms with van der Waals surface area (Å²) < 4.78 is 0. The number of hydrogen-bond donors (Lipinski definition) is 1. The highest BCUT2D eigenvalue weighted by molar-refractivity contribution is 9.09. The number of nitrogens with zero attached hydrogens (tertiary/aromatic N) is 1. The molecule has 0 atom stereocenters. The lowest BCUT2D eigenvalue weighted by Gasteiger charge is -2.27. The summed E-state index contributed by atoms with van der Waals surface area (Å²) in [5.74, 6) is -0.190. The molecule has 0 aliphatic carbocycles. The zero-order chi connectivity index (χ0) is 13.6. The molecule has 18 heavy (non-hydrogen) atoms. The predicted molar refractivity (Wildman–Crippen MR) is 75.8 cm³/mol.